The van der Waals surface area contributed by atoms with Crippen molar-refractivity contribution in [3.8, 4) is 11.3 Å². The lowest BCUT2D eigenvalue weighted by Gasteiger charge is -2.12. The summed E-state index contributed by atoms with van der Waals surface area (Å²) in [5.74, 6) is 0.207. The van der Waals surface area contributed by atoms with Gasteiger partial charge in [0.25, 0.3) is 11.8 Å². The van der Waals surface area contributed by atoms with E-state index in [4.69, 9.17) is 4.42 Å². The Kier molecular flexibility index (Phi) is 8.52. The average Bonchev–Trinajstić information content (AvgIpc) is 3.38. The summed E-state index contributed by atoms with van der Waals surface area (Å²) >= 11 is 2.25. The molecule has 2 amide bonds. The number of anilines is 1. The van der Waals surface area contributed by atoms with Crippen LogP contribution >= 0.6 is 22.6 Å². The van der Waals surface area contributed by atoms with Crippen LogP contribution < -0.4 is 15.6 Å². The number of hydrogen-bond donors (Lipinski definition) is 2. The lowest BCUT2D eigenvalue weighted by molar-refractivity contribution is -0.117. The van der Waals surface area contributed by atoms with Crippen molar-refractivity contribution in [1.82, 2.24) is 10.7 Å². The Morgan fingerprint density at radius 3 is 2.27 bits per heavy atom. The van der Waals surface area contributed by atoms with E-state index in [2.05, 4.69) is 38.4 Å². The van der Waals surface area contributed by atoms with Crippen LogP contribution in [0.2, 0.25) is 0 Å². The summed E-state index contributed by atoms with van der Waals surface area (Å²) in [4.78, 5) is 27.7. The number of furan rings is 1. The first-order chi connectivity index (χ1) is 17.9. The van der Waals surface area contributed by atoms with E-state index in [1.807, 2.05) is 79.7 Å². The zero-order chi connectivity index (χ0) is 26.2. The number of nitrogens with zero attached hydrogens (tertiary/aromatic N) is 2. The molecule has 0 bridgehead atoms. The molecule has 37 heavy (non-hydrogen) atoms. The van der Waals surface area contributed by atoms with Crippen molar-refractivity contribution >= 4 is 52.4 Å². The van der Waals surface area contributed by atoms with Gasteiger partial charge in [0, 0.05) is 34.5 Å². The van der Waals surface area contributed by atoms with Gasteiger partial charge in [-0.1, -0.05) is 42.5 Å². The number of carbonyl (C=O) groups excluding carboxylic acids is 2. The Hall–Kier alpha value is -4.18. The van der Waals surface area contributed by atoms with E-state index in [0.717, 1.165) is 20.4 Å². The van der Waals surface area contributed by atoms with Crippen LogP contribution in [-0.2, 0) is 4.79 Å². The van der Waals surface area contributed by atoms with E-state index >= 15 is 0 Å². The lowest BCUT2D eigenvalue weighted by Crippen LogP contribution is -2.32. The number of hydrogen-bond acceptors (Lipinski definition) is 5. The highest BCUT2D eigenvalue weighted by atomic mass is 127. The predicted molar refractivity (Wildman–Crippen MR) is 155 cm³/mol. The van der Waals surface area contributed by atoms with Crippen LogP contribution in [-0.4, -0.2) is 32.1 Å². The largest absolute Gasteiger partial charge is 0.455 e. The molecule has 8 heteroatoms. The van der Waals surface area contributed by atoms with E-state index in [0.29, 0.717) is 17.1 Å². The number of hydrazone groups is 1. The molecule has 3 aromatic carbocycles. The topological polar surface area (TPSA) is 86.9 Å². The minimum Gasteiger partial charge on any atom is -0.455 e. The molecule has 0 aliphatic carbocycles. The lowest BCUT2D eigenvalue weighted by atomic mass is 10.1. The molecular weight excluding hydrogens is 579 g/mol. The van der Waals surface area contributed by atoms with Crippen molar-refractivity contribution in [1.29, 1.82) is 0 Å². The number of carbonyl (C=O) groups is 2. The third-order valence-electron chi connectivity index (χ3n) is 5.36. The first-order valence-corrected chi connectivity index (χ1v) is 12.5. The Balaban J connectivity index is 1.50. The summed E-state index contributed by atoms with van der Waals surface area (Å²) in [6.45, 7) is 0. The van der Waals surface area contributed by atoms with Gasteiger partial charge in [0.2, 0.25) is 0 Å². The summed E-state index contributed by atoms with van der Waals surface area (Å²) in [6.07, 6.45) is 3.02. The number of rotatable bonds is 8. The van der Waals surface area contributed by atoms with Crippen LogP contribution in [0, 0.1) is 3.57 Å². The monoisotopic (exact) mass is 604 g/mol. The van der Waals surface area contributed by atoms with Gasteiger partial charge < -0.3 is 14.6 Å². The molecule has 0 spiro atoms. The maximum Gasteiger partial charge on any atom is 0.287 e. The van der Waals surface area contributed by atoms with Crippen LogP contribution in [0.1, 0.15) is 21.7 Å². The normalized spacial score (nSPS) is 11.4. The van der Waals surface area contributed by atoms with Crippen LogP contribution in [0.15, 0.2) is 106 Å². The molecule has 0 atom stereocenters. The molecule has 0 aliphatic heterocycles. The Morgan fingerprint density at radius 1 is 0.892 bits per heavy atom. The number of benzene rings is 3. The van der Waals surface area contributed by atoms with Crippen molar-refractivity contribution in [2.45, 2.75) is 0 Å². The highest BCUT2D eigenvalue weighted by Crippen LogP contribution is 2.22. The van der Waals surface area contributed by atoms with Gasteiger partial charge in [0.15, 0.2) is 0 Å². The maximum atomic E-state index is 13.0. The zero-order valence-corrected chi connectivity index (χ0v) is 22.5. The van der Waals surface area contributed by atoms with Crippen LogP contribution in [0.5, 0.6) is 0 Å². The SMILES string of the molecule is CN(C)c1ccc(/C=C(/NC(=O)c2ccccc2)C(=O)N/N=C/c2ccc(-c3ccc(I)cc3)o2)cc1. The van der Waals surface area contributed by atoms with Gasteiger partial charge in [-0.3, -0.25) is 9.59 Å². The summed E-state index contributed by atoms with van der Waals surface area (Å²) < 4.78 is 6.94. The van der Waals surface area contributed by atoms with Gasteiger partial charge in [0.1, 0.15) is 17.2 Å². The van der Waals surface area contributed by atoms with Crippen molar-refractivity contribution in [2.75, 3.05) is 19.0 Å². The van der Waals surface area contributed by atoms with Gasteiger partial charge in [-0.15, -0.1) is 0 Å². The molecule has 7 nitrogen and oxygen atoms in total. The summed E-state index contributed by atoms with van der Waals surface area (Å²) in [7, 11) is 3.90. The van der Waals surface area contributed by atoms with E-state index in [9.17, 15) is 9.59 Å². The minimum absolute atomic E-state index is 0.0580. The molecular formula is C29H25IN4O3. The highest BCUT2D eigenvalue weighted by Gasteiger charge is 2.14. The van der Waals surface area contributed by atoms with E-state index in [1.165, 1.54) is 6.21 Å². The van der Waals surface area contributed by atoms with Gasteiger partial charge in [-0.2, -0.15) is 5.10 Å². The number of halogens is 1. The van der Waals surface area contributed by atoms with Gasteiger partial charge in [0.05, 0.1) is 6.21 Å². The predicted octanol–water partition coefficient (Wildman–Crippen LogP) is 5.54. The Bertz CT molecular complexity index is 1420. The van der Waals surface area contributed by atoms with Crippen molar-refractivity contribution in [3.63, 3.8) is 0 Å². The molecule has 1 heterocycles. The molecule has 0 saturated carbocycles. The van der Waals surface area contributed by atoms with Crippen molar-refractivity contribution < 1.29 is 14.0 Å². The van der Waals surface area contributed by atoms with Gasteiger partial charge in [-0.05, 0) is 82.8 Å². The first-order valence-electron chi connectivity index (χ1n) is 11.4. The quantitative estimate of drug-likeness (QED) is 0.120. The molecule has 1 aromatic heterocycles. The van der Waals surface area contributed by atoms with Gasteiger partial charge in [-0.25, -0.2) is 5.43 Å². The van der Waals surface area contributed by atoms with Crippen molar-refractivity contribution in [3.05, 3.63) is 117 Å². The van der Waals surface area contributed by atoms with E-state index < -0.39 is 11.8 Å². The second kappa shape index (κ2) is 12.2. The van der Waals surface area contributed by atoms with Crippen LogP contribution in [0.25, 0.3) is 17.4 Å². The fraction of sp³-hybridized carbons (Fsp3) is 0.0690. The van der Waals surface area contributed by atoms with Crippen LogP contribution in [0.3, 0.4) is 0 Å². The molecule has 186 valence electrons. The smallest absolute Gasteiger partial charge is 0.287 e. The second-order valence-corrected chi connectivity index (χ2v) is 9.52. The first kappa shape index (κ1) is 25.9. The summed E-state index contributed by atoms with van der Waals surface area (Å²) in [6, 6.07) is 27.8. The van der Waals surface area contributed by atoms with E-state index in [-0.39, 0.29) is 5.70 Å². The fourth-order valence-electron chi connectivity index (χ4n) is 3.38. The van der Waals surface area contributed by atoms with Crippen LogP contribution in [0.4, 0.5) is 5.69 Å². The minimum atomic E-state index is -0.568. The fourth-order valence-corrected chi connectivity index (χ4v) is 3.74. The molecule has 0 aliphatic rings. The average molecular weight is 604 g/mol. The summed E-state index contributed by atoms with van der Waals surface area (Å²) in [5.41, 5.74) is 5.68. The molecule has 4 aromatic rings. The molecule has 4 rings (SSSR count). The zero-order valence-electron chi connectivity index (χ0n) is 20.3. The molecule has 0 unspecified atom stereocenters. The number of amides is 2. The Morgan fingerprint density at radius 2 is 1.59 bits per heavy atom. The Labute approximate surface area is 229 Å². The third-order valence-corrected chi connectivity index (χ3v) is 6.08. The molecule has 0 radical (unpaired) electrons. The number of nitrogens with one attached hydrogen (secondary N) is 2. The molecule has 2 N–H and O–H groups in total. The van der Waals surface area contributed by atoms with Crippen molar-refractivity contribution in [2.24, 2.45) is 5.10 Å². The molecule has 0 saturated heterocycles. The van der Waals surface area contributed by atoms with E-state index in [1.54, 1.807) is 36.4 Å². The standard InChI is InChI=1S/C29H25IN4O3/c1-34(2)24-14-8-20(9-15-24)18-26(32-28(35)22-6-4-3-5-7-22)29(36)33-31-19-25-16-17-27(37-25)21-10-12-23(30)13-11-21/h3-19H,1-2H3,(H,32,35)(H,33,36)/b26-18+,31-19+. The second-order valence-electron chi connectivity index (χ2n) is 8.27. The third kappa shape index (κ3) is 7.17. The maximum absolute atomic E-state index is 13.0. The van der Waals surface area contributed by atoms with Gasteiger partial charge >= 0.3 is 0 Å². The summed E-state index contributed by atoms with van der Waals surface area (Å²) in [5, 5.41) is 6.72. The molecule has 0 fully saturated rings. The highest BCUT2D eigenvalue weighted by molar-refractivity contribution is 14.1.